The highest BCUT2D eigenvalue weighted by Gasteiger charge is 2.37. The van der Waals surface area contributed by atoms with Crippen molar-refractivity contribution >= 4 is 11.7 Å². The largest absolute Gasteiger partial charge is 0.478 e. The molecule has 5 heteroatoms. The maximum absolute atomic E-state index is 11.2. The van der Waals surface area contributed by atoms with E-state index < -0.39 is 5.97 Å². The van der Waals surface area contributed by atoms with Crippen molar-refractivity contribution in [3.63, 3.8) is 0 Å². The predicted molar refractivity (Wildman–Crippen MR) is 121 cm³/mol. The van der Waals surface area contributed by atoms with Gasteiger partial charge in [-0.05, 0) is 65.5 Å². The zero-order chi connectivity index (χ0) is 22.1. The van der Waals surface area contributed by atoms with Crippen molar-refractivity contribution in [2.24, 2.45) is 10.9 Å². The molecule has 0 saturated carbocycles. The molecule has 0 aromatic heterocycles. The Kier molecular flexibility index (Phi) is 6.04. The van der Waals surface area contributed by atoms with Crippen LogP contribution in [0.4, 0.5) is 0 Å². The Bertz CT molecular complexity index is 973. The maximum Gasteiger partial charge on any atom is 0.335 e. The van der Waals surface area contributed by atoms with Crippen molar-refractivity contribution in [2.45, 2.75) is 58.3 Å². The fourth-order valence-electron chi connectivity index (χ4n) is 4.17. The van der Waals surface area contributed by atoms with Crippen molar-refractivity contribution in [1.29, 1.82) is 0 Å². The minimum atomic E-state index is -0.951. The lowest BCUT2D eigenvalue weighted by molar-refractivity contribution is 0.0697. The predicted octanol–water partition coefficient (Wildman–Crippen LogP) is 4.77. The van der Waals surface area contributed by atoms with Gasteiger partial charge in [0.15, 0.2) is 0 Å². The van der Waals surface area contributed by atoms with Crippen LogP contribution >= 0.6 is 0 Å². The van der Waals surface area contributed by atoms with E-state index in [1.807, 2.05) is 0 Å². The van der Waals surface area contributed by atoms with Gasteiger partial charge in [-0.3, -0.25) is 0 Å². The third-order valence-electron chi connectivity index (χ3n) is 6.22. The molecule has 0 unspecified atom stereocenters. The smallest absolute Gasteiger partial charge is 0.335 e. The lowest BCUT2D eigenvalue weighted by Crippen LogP contribution is -2.34. The number of benzene rings is 2. The molecule has 0 fully saturated rings. The lowest BCUT2D eigenvalue weighted by Gasteiger charge is -2.42. The van der Waals surface area contributed by atoms with Gasteiger partial charge in [-0.1, -0.05) is 51.0 Å². The lowest BCUT2D eigenvalue weighted by atomic mass is 9.62. The average molecular weight is 409 g/mol. The minimum absolute atomic E-state index is 0.0731. The molecular weight excluding hydrogens is 376 g/mol. The normalized spacial score (nSPS) is 17.3. The number of carboxylic acid groups (broad SMARTS) is 1. The van der Waals surface area contributed by atoms with Gasteiger partial charge in [0.25, 0.3) is 0 Å². The van der Waals surface area contributed by atoms with E-state index >= 15 is 0 Å². The van der Waals surface area contributed by atoms with Gasteiger partial charge in [-0.2, -0.15) is 0 Å². The number of aryl methyl sites for hydroxylation is 1. The van der Waals surface area contributed by atoms with Crippen molar-refractivity contribution in [3.8, 4) is 0 Å². The third kappa shape index (κ3) is 4.26. The number of nitrogens with zero attached hydrogens (tertiary/aromatic N) is 1. The monoisotopic (exact) mass is 408 g/mol. The van der Waals surface area contributed by atoms with Gasteiger partial charge in [0.05, 0.1) is 5.56 Å². The van der Waals surface area contributed by atoms with Gasteiger partial charge < -0.3 is 15.7 Å². The van der Waals surface area contributed by atoms with Crippen LogP contribution in [0, 0.1) is 6.92 Å². The standard InChI is InChI=1S/C25H32N2O3/c1-16-14-20-21(25(4,5)11-10-24(20,2)3)15-19(16)22(27-30-13-12-26)17-6-8-18(9-7-17)23(28)29/h6-9,14-15H,10-13,26H2,1-5H3,(H,28,29)/b27-22-. The van der Waals surface area contributed by atoms with Crippen molar-refractivity contribution < 1.29 is 14.7 Å². The highest BCUT2D eigenvalue weighted by Crippen LogP contribution is 2.46. The van der Waals surface area contributed by atoms with Crippen molar-refractivity contribution in [1.82, 2.24) is 0 Å². The first kappa shape index (κ1) is 22.0. The second-order valence-corrected chi connectivity index (χ2v) is 9.42. The zero-order valence-electron chi connectivity index (χ0n) is 18.6. The molecule has 0 heterocycles. The molecule has 0 atom stereocenters. The summed E-state index contributed by atoms with van der Waals surface area (Å²) in [6, 6.07) is 11.3. The van der Waals surface area contributed by atoms with Crippen LogP contribution in [0.1, 0.15) is 78.7 Å². The number of rotatable bonds is 6. The summed E-state index contributed by atoms with van der Waals surface area (Å²) in [5.41, 5.74) is 12.4. The molecule has 3 rings (SSSR count). The number of nitrogens with two attached hydrogens (primary N) is 1. The van der Waals surface area contributed by atoms with Crippen LogP contribution in [0.15, 0.2) is 41.6 Å². The van der Waals surface area contributed by atoms with Gasteiger partial charge in [0, 0.05) is 17.7 Å². The Morgan fingerprint density at radius 3 is 2.10 bits per heavy atom. The Morgan fingerprint density at radius 1 is 1.03 bits per heavy atom. The number of fused-ring (bicyclic) bond motifs is 1. The maximum atomic E-state index is 11.2. The number of carboxylic acids is 1. The van der Waals surface area contributed by atoms with Crippen molar-refractivity contribution in [2.75, 3.05) is 13.2 Å². The van der Waals surface area contributed by atoms with Gasteiger partial charge in [0.1, 0.15) is 12.3 Å². The molecule has 0 spiro atoms. The fourth-order valence-corrected chi connectivity index (χ4v) is 4.17. The van der Waals surface area contributed by atoms with Crippen molar-refractivity contribution in [3.05, 3.63) is 69.8 Å². The number of aromatic carboxylic acids is 1. The Morgan fingerprint density at radius 2 is 1.57 bits per heavy atom. The van der Waals surface area contributed by atoms with Crippen LogP contribution in [0.2, 0.25) is 0 Å². The summed E-state index contributed by atoms with van der Waals surface area (Å²) in [5, 5.41) is 13.6. The summed E-state index contributed by atoms with van der Waals surface area (Å²) < 4.78 is 0. The molecule has 5 nitrogen and oxygen atoms in total. The molecule has 1 aliphatic rings. The minimum Gasteiger partial charge on any atom is -0.478 e. The summed E-state index contributed by atoms with van der Waals surface area (Å²) in [7, 11) is 0. The molecule has 30 heavy (non-hydrogen) atoms. The highest BCUT2D eigenvalue weighted by atomic mass is 16.6. The van der Waals surface area contributed by atoms with E-state index in [1.54, 1.807) is 24.3 Å². The van der Waals surface area contributed by atoms with E-state index in [1.165, 1.54) is 11.1 Å². The fraction of sp³-hybridized carbons (Fsp3) is 0.440. The van der Waals surface area contributed by atoms with Crippen LogP contribution in [-0.2, 0) is 15.7 Å². The third-order valence-corrected chi connectivity index (χ3v) is 6.22. The van der Waals surface area contributed by atoms with Crippen LogP contribution in [0.25, 0.3) is 0 Å². The number of hydrogen-bond donors (Lipinski definition) is 2. The Balaban J connectivity index is 2.16. The number of carbonyl (C=O) groups is 1. The van der Waals surface area contributed by atoms with Crippen LogP contribution in [-0.4, -0.2) is 29.9 Å². The molecule has 0 saturated heterocycles. The van der Waals surface area contributed by atoms with Gasteiger partial charge in [-0.25, -0.2) is 4.79 Å². The molecule has 0 bridgehead atoms. The topological polar surface area (TPSA) is 84.9 Å². The molecule has 0 aliphatic heterocycles. The van der Waals surface area contributed by atoms with E-state index in [0.29, 0.717) is 18.9 Å². The molecule has 160 valence electrons. The summed E-state index contributed by atoms with van der Waals surface area (Å²) >= 11 is 0. The van der Waals surface area contributed by atoms with E-state index in [2.05, 4.69) is 51.9 Å². The molecule has 2 aromatic rings. The second kappa shape index (κ2) is 8.23. The summed E-state index contributed by atoms with van der Waals surface area (Å²) in [4.78, 5) is 16.7. The Hall–Kier alpha value is -2.66. The van der Waals surface area contributed by atoms with E-state index in [-0.39, 0.29) is 16.4 Å². The molecule has 2 aromatic carbocycles. The molecule has 3 N–H and O–H groups in total. The van der Waals surface area contributed by atoms with Crippen LogP contribution in [0.5, 0.6) is 0 Å². The second-order valence-electron chi connectivity index (χ2n) is 9.42. The first-order valence-corrected chi connectivity index (χ1v) is 10.5. The number of hydrogen-bond acceptors (Lipinski definition) is 4. The van der Waals surface area contributed by atoms with Crippen LogP contribution in [0.3, 0.4) is 0 Å². The van der Waals surface area contributed by atoms with E-state index in [9.17, 15) is 9.90 Å². The summed E-state index contributed by atoms with van der Waals surface area (Å²) in [6.07, 6.45) is 2.28. The Labute approximate surface area is 178 Å². The molecule has 0 amide bonds. The molecule has 0 radical (unpaired) electrons. The highest BCUT2D eigenvalue weighted by molar-refractivity contribution is 6.14. The van der Waals surface area contributed by atoms with E-state index in [4.69, 9.17) is 10.6 Å². The molecular formula is C25H32N2O3. The number of oxime groups is 1. The SMILES string of the molecule is Cc1cc2c(cc1/C(=N\OCCN)c1ccc(C(=O)O)cc1)C(C)(C)CCC2(C)C. The summed E-state index contributed by atoms with van der Waals surface area (Å²) in [6.45, 7) is 12.0. The average Bonchev–Trinajstić information content (AvgIpc) is 2.69. The first-order chi connectivity index (χ1) is 14.1. The first-order valence-electron chi connectivity index (χ1n) is 10.5. The summed E-state index contributed by atoms with van der Waals surface area (Å²) in [5.74, 6) is -0.951. The van der Waals surface area contributed by atoms with Gasteiger partial charge in [0.2, 0.25) is 0 Å². The quantitative estimate of drug-likeness (QED) is 0.410. The van der Waals surface area contributed by atoms with E-state index in [0.717, 1.165) is 29.5 Å². The van der Waals surface area contributed by atoms with Gasteiger partial charge in [-0.15, -0.1) is 0 Å². The zero-order valence-corrected chi connectivity index (χ0v) is 18.6. The molecule has 1 aliphatic carbocycles. The van der Waals surface area contributed by atoms with Crippen LogP contribution < -0.4 is 5.73 Å². The van der Waals surface area contributed by atoms with Gasteiger partial charge >= 0.3 is 5.97 Å².